The van der Waals surface area contributed by atoms with E-state index in [9.17, 15) is 0 Å². The lowest BCUT2D eigenvalue weighted by atomic mass is 10.1. The molecule has 0 aliphatic heterocycles. The number of rotatable bonds is 2. The van der Waals surface area contributed by atoms with Gasteiger partial charge in [-0.25, -0.2) is 0 Å². The van der Waals surface area contributed by atoms with Crippen LogP contribution < -0.4 is 4.74 Å². The number of aromatic nitrogens is 1. The first-order chi connectivity index (χ1) is 7.88. The average molecular weight is 213 g/mol. The van der Waals surface area contributed by atoms with Crippen molar-refractivity contribution >= 4 is 10.9 Å². The minimum absolute atomic E-state index is 0.832. The van der Waals surface area contributed by atoms with Crippen LogP contribution >= 0.6 is 0 Å². The van der Waals surface area contributed by atoms with E-state index in [4.69, 9.17) is 9.15 Å². The van der Waals surface area contributed by atoms with Crippen LogP contribution in [0.15, 0.2) is 47.2 Å². The van der Waals surface area contributed by atoms with Crippen molar-refractivity contribution in [3.8, 4) is 17.1 Å². The highest BCUT2D eigenvalue weighted by molar-refractivity contribution is 5.94. The summed E-state index contributed by atoms with van der Waals surface area (Å²) in [7, 11) is 1.67. The van der Waals surface area contributed by atoms with Gasteiger partial charge in [-0.1, -0.05) is 0 Å². The Morgan fingerprint density at radius 2 is 2.19 bits per heavy atom. The van der Waals surface area contributed by atoms with Crippen molar-refractivity contribution in [3.63, 3.8) is 0 Å². The molecule has 3 aromatic rings. The quantitative estimate of drug-likeness (QED) is 0.708. The molecule has 2 heterocycles. The first-order valence-corrected chi connectivity index (χ1v) is 5.07. The van der Waals surface area contributed by atoms with Gasteiger partial charge in [-0.2, -0.15) is 0 Å². The third-order valence-corrected chi connectivity index (χ3v) is 2.66. The number of nitrogens with one attached hydrogen (secondary N) is 1. The average Bonchev–Trinajstić information content (AvgIpc) is 2.98. The van der Waals surface area contributed by atoms with Crippen LogP contribution in [0.5, 0.6) is 5.75 Å². The number of ether oxygens (including phenoxy) is 1. The summed E-state index contributed by atoms with van der Waals surface area (Å²) in [5.41, 5.74) is 2.08. The van der Waals surface area contributed by atoms with Crippen LogP contribution in [0, 0.1) is 0 Å². The number of furan rings is 1. The van der Waals surface area contributed by atoms with Crippen molar-refractivity contribution in [2.75, 3.05) is 7.11 Å². The maximum Gasteiger partial charge on any atom is 0.136 e. The second-order valence-corrected chi connectivity index (χ2v) is 3.59. The van der Waals surface area contributed by atoms with E-state index in [0.717, 1.165) is 28.0 Å². The molecule has 0 aliphatic carbocycles. The molecule has 0 aliphatic rings. The van der Waals surface area contributed by atoms with Gasteiger partial charge in [0.15, 0.2) is 0 Å². The molecule has 0 unspecified atom stereocenters. The van der Waals surface area contributed by atoms with E-state index in [0.29, 0.717) is 0 Å². The molecule has 0 saturated heterocycles. The van der Waals surface area contributed by atoms with Crippen molar-refractivity contribution in [2.24, 2.45) is 0 Å². The lowest BCUT2D eigenvalue weighted by Crippen LogP contribution is -1.85. The van der Waals surface area contributed by atoms with Gasteiger partial charge in [0.1, 0.15) is 11.5 Å². The zero-order chi connectivity index (χ0) is 11.0. The number of fused-ring (bicyclic) bond motifs is 1. The SMILES string of the molecule is COc1cc(-c2ccco2)c2[nH]ccc2c1. The Bertz CT molecular complexity index is 608. The minimum atomic E-state index is 0.832. The van der Waals surface area contributed by atoms with Gasteiger partial charge in [-0.15, -0.1) is 0 Å². The van der Waals surface area contributed by atoms with Crippen LogP contribution in [0.3, 0.4) is 0 Å². The number of H-pyrrole nitrogens is 1. The summed E-state index contributed by atoms with van der Waals surface area (Å²) in [6.45, 7) is 0. The van der Waals surface area contributed by atoms with Gasteiger partial charge in [0, 0.05) is 17.1 Å². The largest absolute Gasteiger partial charge is 0.497 e. The van der Waals surface area contributed by atoms with E-state index >= 15 is 0 Å². The molecule has 0 atom stereocenters. The Kier molecular flexibility index (Phi) is 1.96. The summed E-state index contributed by atoms with van der Waals surface area (Å²) >= 11 is 0. The summed E-state index contributed by atoms with van der Waals surface area (Å²) in [4.78, 5) is 3.21. The molecule has 0 radical (unpaired) electrons. The highest BCUT2D eigenvalue weighted by Gasteiger charge is 2.09. The van der Waals surface area contributed by atoms with Crippen LogP contribution in [0.25, 0.3) is 22.2 Å². The summed E-state index contributed by atoms with van der Waals surface area (Å²) < 4.78 is 10.7. The molecule has 0 spiro atoms. The molecule has 16 heavy (non-hydrogen) atoms. The van der Waals surface area contributed by atoms with Gasteiger partial charge in [0.25, 0.3) is 0 Å². The molecule has 0 saturated carbocycles. The van der Waals surface area contributed by atoms with Gasteiger partial charge in [-0.3, -0.25) is 0 Å². The van der Waals surface area contributed by atoms with E-state index < -0.39 is 0 Å². The van der Waals surface area contributed by atoms with Crippen molar-refractivity contribution in [2.45, 2.75) is 0 Å². The standard InChI is InChI=1S/C13H11NO2/c1-15-10-7-9-4-5-14-13(9)11(8-10)12-3-2-6-16-12/h2-8,14H,1H3. The van der Waals surface area contributed by atoms with Crippen LogP contribution in [0.1, 0.15) is 0 Å². The number of hydrogen-bond donors (Lipinski definition) is 1. The molecule has 80 valence electrons. The number of benzene rings is 1. The Morgan fingerprint density at radius 1 is 1.25 bits per heavy atom. The van der Waals surface area contributed by atoms with Crippen molar-refractivity contribution in [1.29, 1.82) is 0 Å². The van der Waals surface area contributed by atoms with Gasteiger partial charge in [0.05, 0.1) is 18.9 Å². The van der Waals surface area contributed by atoms with Crippen molar-refractivity contribution < 1.29 is 9.15 Å². The van der Waals surface area contributed by atoms with E-state index in [1.807, 2.05) is 36.5 Å². The Morgan fingerprint density at radius 3 is 2.94 bits per heavy atom. The molecule has 0 bridgehead atoms. The molecular formula is C13H11NO2. The predicted octanol–water partition coefficient (Wildman–Crippen LogP) is 3.44. The van der Waals surface area contributed by atoms with E-state index in [2.05, 4.69) is 4.98 Å². The highest BCUT2D eigenvalue weighted by atomic mass is 16.5. The summed E-state index contributed by atoms with van der Waals surface area (Å²) in [5.74, 6) is 1.67. The predicted molar refractivity (Wildman–Crippen MR) is 62.6 cm³/mol. The molecule has 1 aromatic carbocycles. The first-order valence-electron chi connectivity index (χ1n) is 5.07. The number of hydrogen-bond acceptors (Lipinski definition) is 2. The second-order valence-electron chi connectivity index (χ2n) is 3.59. The van der Waals surface area contributed by atoms with Gasteiger partial charge in [0.2, 0.25) is 0 Å². The van der Waals surface area contributed by atoms with Crippen LogP contribution in [0.2, 0.25) is 0 Å². The van der Waals surface area contributed by atoms with Crippen molar-refractivity contribution in [3.05, 3.63) is 42.8 Å². The number of aromatic amines is 1. The lowest BCUT2D eigenvalue weighted by Gasteiger charge is -2.04. The van der Waals surface area contributed by atoms with Crippen LogP contribution in [-0.4, -0.2) is 12.1 Å². The maximum atomic E-state index is 5.42. The Hall–Kier alpha value is -2.16. The van der Waals surface area contributed by atoms with Crippen molar-refractivity contribution in [1.82, 2.24) is 4.98 Å². The van der Waals surface area contributed by atoms with Crippen LogP contribution in [0.4, 0.5) is 0 Å². The fraction of sp³-hybridized carbons (Fsp3) is 0.0769. The molecule has 3 heteroatoms. The highest BCUT2D eigenvalue weighted by Crippen LogP contribution is 2.32. The molecule has 3 nitrogen and oxygen atoms in total. The fourth-order valence-electron chi connectivity index (χ4n) is 1.89. The summed E-state index contributed by atoms with van der Waals surface area (Å²) in [6, 6.07) is 9.80. The molecule has 2 aromatic heterocycles. The normalized spacial score (nSPS) is 10.8. The third-order valence-electron chi connectivity index (χ3n) is 2.66. The Balaban J connectivity index is 2.33. The fourth-order valence-corrected chi connectivity index (χ4v) is 1.89. The molecule has 3 rings (SSSR count). The summed E-state index contributed by atoms with van der Waals surface area (Å²) in [6.07, 6.45) is 3.58. The minimum Gasteiger partial charge on any atom is -0.497 e. The lowest BCUT2D eigenvalue weighted by molar-refractivity contribution is 0.415. The zero-order valence-electron chi connectivity index (χ0n) is 8.86. The van der Waals surface area contributed by atoms with E-state index in [1.165, 1.54) is 0 Å². The summed E-state index contributed by atoms with van der Waals surface area (Å²) in [5, 5.41) is 1.12. The Labute approximate surface area is 92.7 Å². The third kappa shape index (κ3) is 1.29. The first kappa shape index (κ1) is 9.09. The molecule has 0 amide bonds. The van der Waals surface area contributed by atoms with E-state index in [-0.39, 0.29) is 0 Å². The molecule has 0 fully saturated rings. The molecular weight excluding hydrogens is 202 g/mol. The smallest absolute Gasteiger partial charge is 0.136 e. The monoisotopic (exact) mass is 213 g/mol. The number of methoxy groups -OCH3 is 1. The van der Waals surface area contributed by atoms with Gasteiger partial charge < -0.3 is 14.1 Å². The van der Waals surface area contributed by atoms with Crippen LogP contribution in [-0.2, 0) is 0 Å². The van der Waals surface area contributed by atoms with Gasteiger partial charge in [-0.05, 0) is 30.3 Å². The molecule has 1 N–H and O–H groups in total. The topological polar surface area (TPSA) is 38.2 Å². The van der Waals surface area contributed by atoms with E-state index in [1.54, 1.807) is 13.4 Å². The zero-order valence-corrected chi connectivity index (χ0v) is 8.86. The second kappa shape index (κ2) is 3.45. The van der Waals surface area contributed by atoms with Gasteiger partial charge >= 0.3 is 0 Å². The maximum absolute atomic E-state index is 5.42.